The zero-order chi connectivity index (χ0) is 45.6. The summed E-state index contributed by atoms with van der Waals surface area (Å²) >= 11 is 0. The van der Waals surface area contributed by atoms with Gasteiger partial charge < -0.3 is 49.1 Å². The fourth-order valence-electron chi connectivity index (χ4n) is 6.17. The van der Waals surface area contributed by atoms with Crippen LogP contribution in [0.25, 0.3) is 0 Å². The van der Waals surface area contributed by atoms with Crippen molar-refractivity contribution in [3.8, 4) is 0 Å². The van der Waals surface area contributed by atoms with E-state index in [0.29, 0.717) is 64.9 Å². The first kappa shape index (κ1) is 55.4. The summed E-state index contributed by atoms with van der Waals surface area (Å²) < 4.78 is 37.7. The fraction of sp³-hybridized carbons (Fsp3) is 0.711. The van der Waals surface area contributed by atoms with Gasteiger partial charge in [0, 0.05) is 72.7 Å². The van der Waals surface area contributed by atoms with Crippen LogP contribution in [0.5, 0.6) is 0 Å². The first-order valence-electron chi connectivity index (χ1n) is 22.2. The predicted octanol–water partition coefficient (Wildman–Crippen LogP) is 5.14. The van der Waals surface area contributed by atoms with Gasteiger partial charge >= 0.3 is 23.9 Å². The van der Waals surface area contributed by atoms with Crippen molar-refractivity contribution in [1.29, 1.82) is 0 Å². The summed E-state index contributed by atoms with van der Waals surface area (Å²) in [4.78, 5) is 79.9. The van der Waals surface area contributed by atoms with Gasteiger partial charge in [0.1, 0.15) is 25.4 Å². The number of carbonyl (C=O) groups is 7. The highest BCUT2D eigenvalue weighted by atomic mass is 16.7. The molecule has 17 heteroatoms. The monoisotopic (exact) mass is 880 g/mol. The Bertz CT molecular complexity index is 1400. The van der Waals surface area contributed by atoms with Crippen molar-refractivity contribution < 1.29 is 66.7 Å². The lowest BCUT2D eigenvalue weighted by atomic mass is 10.0. The summed E-state index contributed by atoms with van der Waals surface area (Å²) in [6.45, 7) is 8.19. The van der Waals surface area contributed by atoms with Gasteiger partial charge in [-0.25, -0.2) is 0 Å². The Morgan fingerprint density at radius 1 is 0.677 bits per heavy atom. The van der Waals surface area contributed by atoms with Gasteiger partial charge in [0.05, 0.1) is 13.2 Å². The lowest BCUT2D eigenvalue weighted by Crippen LogP contribution is -2.54. The molecule has 2 rings (SSSR count). The van der Waals surface area contributed by atoms with E-state index < -0.39 is 42.5 Å². The van der Waals surface area contributed by atoms with Gasteiger partial charge in [-0.05, 0) is 31.2 Å². The molecule has 0 saturated carbocycles. The normalized spacial score (nSPS) is 16.7. The van der Waals surface area contributed by atoms with Crippen molar-refractivity contribution in [3.05, 3.63) is 35.9 Å². The van der Waals surface area contributed by atoms with Crippen LogP contribution < -0.4 is 16.0 Å². The van der Waals surface area contributed by atoms with Crippen LogP contribution in [-0.2, 0) is 73.3 Å². The minimum Gasteiger partial charge on any atom is -0.463 e. The Morgan fingerprint density at radius 2 is 1.31 bits per heavy atom. The predicted molar refractivity (Wildman–Crippen MR) is 229 cm³/mol. The molecule has 352 valence electrons. The Labute approximate surface area is 367 Å². The van der Waals surface area contributed by atoms with Crippen LogP contribution in [0.2, 0.25) is 0 Å². The summed E-state index contributed by atoms with van der Waals surface area (Å²) in [6.07, 6.45) is 11.4. The third kappa shape index (κ3) is 31.3. The van der Waals surface area contributed by atoms with Gasteiger partial charge in [0.15, 0.2) is 12.4 Å². The van der Waals surface area contributed by atoms with Crippen LogP contribution in [0, 0.1) is 0 Å². The number of rotatable bonds is 33. The molecular weight excluding hydrogens is 807 g/mol. The van der Waals surface area contributed by atoms with Gasteiger partial charge in [0.2, 0.25) is 18.2 Å². The van der Waals surface area contributed by atoms with Crippen molar-refractivity contribution in [2.45, 2.75) is 162 Å². The van der Waals surface area contributed by atoms with E-state index in [4.69, 9.17) is 33.2 Å². The van der Waals surface area contributed by atoms with E-state index >= 15 is 0 Å². The molecular formula is C45H73N3O14. The molecule has 1 saturated heterocycles. The van der Waals surface area contributed by atoms with Crippen molar-refractivity contribution in [2.24, 2.45) is 0 Å². The lowest BCUT2D eigenvalue weighted by Gasteiger charge is -2.39. The van der Waals surface area contributed by atoms with Crippen LogP contribution >= 0.6 is 0 Å². The Balaban J connectivity index is 0.000000764. The number of unbranched alkanes of at least 4 members (excludes halogenated alkanes) is 9. The van der Waals surface area contributed by atoms with Crippen LogP contribution in [0.15, 0.2) is 30.3 Å². The lowest BCUT2D eigenvalue weighted by molar-refractivity contribution is -0.266. The third-order valence-corrected chi connectivity index (χ3v) is 9.33. The maximum absolute atomic E-state index is 12.1. The van der Waals surface area contributed by atoms with Crippen molar-refractivity contribution in [1.82, 2.24) is 16.0 Å². The maximum Gasteiger partial charge on any atom is 0.306 e. The second-order valence-corrected chi connectivity index (χ2v) is 14.9. The summed E-state index contributed by atoms with van der Waals surface area (Å²) in [5.41, 5.74) is 1.05. The molecule has 4 unspecified atom stereocenters. The molecule has 1 fully saturated rings. The highest BCUT2D eigenvalue weighted by Gasteiger charge is 2.44. The molecule has 0 aromatic heterocycles. The summed E-state index contributed by atoms with van der Waals surface area (Å²) in [5, 5.41) is 8.00. The smallest absolute Gasteiger partial charge is 0.306 e. The van der Waals surface area contributed by atoms with E-state index in [1.165, 1.54) is 65.7 Å². The highest BCUT2D eigenvalue weighted by Crippen LogP contribution is 2.27. The van der Waals surface area contributed by atoms with E-state index in [2.05, 4.69) is 22.9 Å². The third-order valence-electron chi connectivity index (χ3n) is 9.33. The average Bonchev–Trinajstić information content (AvgIpc) is 3.23. The van der Waals surface area contributed by atoms with Gasteiger partial charge in [-0.15, -0.1) is 0 Å². The molecule has 1 aliphatic heterocycles. The molecule has 1 aliphatic rings. The molecule has 62 heavy (non-hydrogen) atoms. The molecule has 17 nitrogen and oxygen atoms in total. The van der Waals surface area contributed by atoms with E-state index in [1.807, 2.05) is 30.3 Å². The Morgan fingerprint density at radius 3 is 1.94 bits per heavy atom. The van der Waals surface area contributed by atoms with Crippen LogP contribution in [0.3, 0.4) is 0 Å². The molecule has 1 heterocycles. The maximum atomic E-state index is 12.1. The minimum absolute atomic E-state index is 0.0678. The number of nitrogens with one attached hydrogen (secondary N) is 3. The van der Waals surface area contributed by atoms with E-state index in [0.717, 1.165) is 18.4 Å². The first-order chi connectivity index (χ1) is 29.9. The number of carbonyl (C=O) groups excluding carboxylic acids is 7. The summed E-state index contributed by atoms with van der Waals surface area (Å²) in [5.74, 6) is -2.06. The molecule has 1 aromatic rings. The molecule has 3 N–H and O–H groups in total. The van der Waals surface area contributed by atoms with Gasteiger partial charge in [0.25, 0.3) is 0 Å². The second kappa shape index (κ2) is 37.0. The molecule has 3 amide bonds. The van der Waals surface area contributed by atoms with Crippen molar-refractivity contribution in [3.63, 3.8) is 0 Å². The summed E-state index contributed by atoms with van der Waals surface area (Å²) in [7, 11) is 0. The number of benzene rings is 1. The number of esters is 4. The highest BCUT2D eigenvalue weighted by molar-refractivity contribution is 5.76. The molecule has 1 aromatic carbocycles. The van der Waals surface area contributed by atoms with Crippen LogP contribution in [-0.4, -0.2) is 113 Å². The minimum atomic E-state index is -0.968. The van der Waals surface area contributed by atoms with E-state index in [1.54, 1.807) is 0 Å². The fourth-order valence-corrected chi connectivity index (χ4v) is 6.17. The molecule has 0 aliphatic carbocycles. The number of ether oxygens (including phenoxy) is 7. The number of hydrogen-bond donors (Lipinski definition) is 3. The van der Waals surface area contributed by atoms with Gasteiger partial charge in [-0.2, -0.15) is 0 Å². The molecule has 4 atom stereocenters. The van der Waals surface area contributed by atoms with Gasteiger partial charge in [-0.1, -0.05) is 88.6 Å². The SMILES string of the molecule is CC(=O)OCC1OC(OCCCCC(=O)NCCCNC(=O)CCOCCNC=O)CC(OC(C)=O)C1OC(C)=O.CCCCCCCCCCCC(=O)OCc1ccccc1. The van der Waals surface area contributed by atoms with Crippen molar-refractivity contribution >= 4 is 42.1 Å². The zero-order valence-corrected chi connectivity index (χ0v) is 37.5. The van der Waals surface area contributed by atoms with Crippen LogP contribution in [0.4, 0.5) is 0 Å². The van der Waals surface area contributed by atoms with Gasteiger partial charge in [-0.3, -0.25) is 33.6 Å². The Kier molecular flexibility index (Phi) is 33.1. The van der Waals surface area contributed by atoms with Crippen molar-refractivity contribution in [2.75, 3.05) is 46.1 Å². The zero-order valence-electron chi connectivity index (χ0n) is 37.5. The molecule has 0 radical (unpaired) electrons. The number of amides is 3. The number of hydrogen-bond acceptors (Lipinski definition) is 14. The van der Waals surface area contributed by atoms with E-state index in [9.17, 15) is 33.6 Å². The summed E-state index contributed by atoms with van der Waals surface area (Å²) in [6, 6.07) is 9.85. The quantitative estimate of drug-likeness (QED) is 0.0361. The van der Waals surface area contributed by atoms with E-state index in [-0.39, 0.29) is 56.9 Å². The topological polar surface area (TPSA) is 220 Å². The first-order valence-corrected chi connectivity index (χ1v) is 22.2. The largest absolute Gasteiger partial charge is 0.463 e. The molecule has 0 spiro atoms. The van der Waals surface area contributed by atoms with Crippen LogP contribution in [0.1, 0.15) is 136 Å². The second-order valence-electron chi connectivity index (χ2n) is 14.9. The Hall–Kier alpha value is -4.61. The standard InChI is InChI=1S/C26H43N3O12.C19H30O2/c1-18(31)38-16-22-26(40-20(3)33)21(39-19(2)32)15-25(41-22)37-12-5-4-7-23(34)28-9-6-10-29-24(35)8-13-36-14-11-27-17-30;1-2-3-4-5-6-7-8-9-13-16-19(20)21-17-18-14-11-10-12-15-18/h17,21-22,25-26H,4-16H2,1-3H3,(H,27,30)(H,28,34)(H,29,35);10-12,14-15H,2-9,13,16-17H2,1H3. The average molecular weight is 880 g/mol. The molecule has 0 bridgehead atoms.